The summed E-state index contributed by atoms with van der Waals surface area (Å²) >= 11 is 0. The summed E-state index contributed by atoms with van der Waals surface area (Å²) in [5, 5.41) is 0. The number of aryl methyl sites for hydroxylation is 1. The highest BCUT2D eigenvalue weighted by Gasteiger charge is 2.06. The molecule has 0 unspecified atom stereocenters. The third kappa shape index (κ3) is 2.28. The molecule has 0 atom stereocenters. The van der Waals surface area contributed by atoms with Crippen LogP contribution in [0.3, 0.4) is 0 Å². The maximum absolute atomic E-state index is 11.1. The van der Waals surface area contributed by atoms with Crippen LogP contribution in [0.5, 0.6) is 0 Å². The van der Waals surface area contributed by atoms with Gasteiger partial charge in [-0.25, -0.2) is 0 Å². The van der Waals surface area contributed by atoms with E-state index >= 15 is 0 Å². The van der Waals surface area contributed by atoms with Gasteiger partial charge in [-0.15, -0.1) is 0 Å². The van der Waals surface area contributed by atoms with Gasteiger partial charge in [-0.2, -0.15) is 0 Å². The van der Waals surface area contributed by atoms with Gasteiger partial charge in [0, 0.05) is 5.69 Å². The first-order valence-electron chi connectivity index (χ1n) is 5.34. The highest BCUT2D eigenvalue weighted by Crippen LogP contribution is 2.24. The molecule has 3 heteroatoms. The first-order chi connectivity index (χ1) is 8.08. The summed E-state index contributed by atoms with van der Waals surface area (Å²) in [6, 6.07) is 13.4. The van der Waals surface area contributed by atoms with Crippen molar-refractivity contribution in [2.24, 2.45) is 5.73 Å². The van der Waals surface area contributed by atoms with Crippen LogP contribution < -0.4 is 11.5 Å². The van der Waals surface area contributed by atoms with E-state index in [-0.39, 0.29) is 0 Å². The zero-order valence-electron chi connectivity index (χ0n) is 9.60. The zero-order valence-corrected chi connectivity index (χ0v) is 9.60. The van der Waals surface area contributed by atoms with Gasteiger partial charge in [0.15, 0.2) is 0 Å². The Morgan fingerprint density at radius 2 is 1.59 bits per heavy atom. The number of anilines is 1. The van der Waals surface area contributed by atoms with Gasteiger partial charge in [0.1, 0.15) is 0 Å². The molecule has 2 aromatic rings. The molecule has 0 bridgehead atoms. The molecule has 1 amide bonds. The molecular weight excluding hydrogens is 212 g/mol. The SMILES string of the molecule is Cc1ccc(-c2ccc(C(N)=O)c(N)c2)cc1. The molecule has 0 heterocycles. The summed E-state index contributed by atoms with van der Waals surface area (Å²) in [4.78, 5) is 11.1. The molecule has 0 saturated heterocycles. The average Bonchev–Trinajstić information content (AvgIpc) is 2.29. The van der Waals surface area contributed by atoms with Gasteiger partial charge in [-0.1, -0.05) is 35.9 Å². The number of primary amides is 1. The molecule has 0 saturated carbocycles. The van der Waals surface area contributed by atoms with E-state index in [0.29, 0.717) is 11.3 Å². The molecule has 2 aromatic carbocycles. The number of rotatable bonds is 2. The lowest BCUT2D eigenvalue weighted by Gasteiger charge is -2.06. The maximum Gasteiger partial charge on any atom is 0.250 e. The summed E-state index contributed by atoms with van der Waals surface area (Å²) in [6.45, 7) is 2.04. The largest absolute Gasteiger partial charge is 0.398 e. The minimum atomic E-state index is -0.502. The smallest absolute Gasteiger partial charge is 0.250 e. The standard InChI is InChI=1S/C14H14N2O/c1-9-2-4-10(5-3-9)11-6-7-12(14(16)17)13(15)8-11/h2-8H,15H2,1H3,(H2,16,17). The Hall–Kier alpha value is -2.29. The number of carbonyl (C=O) groups excluding carboxylic acids is 1. The van der Waals surface area contributed by atoms with Crippen molar-refractivity contribution < 1.29 is 4.79 Å². The molecule has 0 aliphatic rings. The molecule has 3 nitrogen and oxygen atoms in total. The van der Waals surface area contributed by atoms with Gasteiger partial charge < -0.3 is 11.5 Å². The van der Waals surface area contributed by atoms with Crippen LogP contribution in [0.15, 0.2) is 42.5 Å². The topological polar surface area (TPSA) is 69.1 Å². The summed E-state index contributed by atoms with van der Waals surface area (Å²) in [7, 11) is 0. The van der Waals surface area contributed by atoms with E-state index in [1.165, 1.54) is 5.56 Å². The monoisotopic (exact) mass is 226 g/mol. The van der Waals surface area contributed by atoms with Crippen LogP contribution in [0.4, 0.5) is 5.69 Å². The first kappa shape index (κ1) is 11.2. The third-order valence-corrected chi connectivity index (χ3v) is 2.70. The summed E-state index contributed by atoms with van der Waals surface area (Å²) in [6.07, 6.45) is 0. The Morgan fingerprint density at radius 1 is 1.00 bits per heavy atom. The van der Waals surface area contributed by atoms with Gasteiger partial charge in [0.2, 0.25) is 0 Å². The fourth-order valence-corrected chi connectivity index (χ4v) is 1.71. The van der Waals surface area contributed by atoms with E-state index in [1.807, 2.05) is 37.3 Å². The quantitative estimate of drug-likeness (QED) is 0.772. The molecule has 86 valence electrons. The molecule has 0 fully saturated rings. The van der Waals surface area contributed by atoms with Crippen molar-refractivity contribution in [3.8, 4) is 11.1 Å². The predicted molar refractivity (Wildman–Crippen MR) is 69.5 cm³/mol. The number of hydrogen-bond donors (Lipinski definition) is 2. The fourth-order valence-electron chi connectivity index (χ4n) is 1.71. The number of nitrogens with two attached hydrogens (primary N) is 2. The average molecular weight is 226 g/mol. The van der Waals surface area contributed by atoms with Crippen LogP contribution in [0.1, 0.15) is 15.9 Å². The highest BCUT2D eigenvalue weighted by atomic mass is 16.1. The van der Waals surface area contributed by atoms with Crippen LogP contribution in [0.2, 0.25) is 0 Å². The van der Waals surface area contributed by atoms with E-state index < -0.39 is 5.91 Å². The number of hydrogen-bond acceptors (Lipinski definition) is 2. The van der Waals surface area contributed by atoms with Crippen LogP contribution in [0, 0.1) is 6.92 Å². The minimum absolute atomic E-state index is 0.362. The van der Waals surface area contributed by atoms with E-state index in [2.05, 4.69) is 0 Å². The van der Waals surface area contributed by atoms with Gasteiger partial charge in [0.05, 0.1) is 5.56 Å². The Kier molecular flexibility index (Phi) is 2.83. The molecule has 0 aliphatic carbocycles. The van der Waals surface area contributed by atoms with E-state index in [4.69, 9.17) is 11.5 Å². The van der Waals surface area contributed by atoms with Crippen LogP contribution in [-0.2, 0) is 0 Å². The zero-order chi connectivity index (χ0) is 12.4. The summed E-state index contributed by atoms with van der Waals surface area (Å²) in [5.41, 5.74) is 15.0. The minimum Gasteiger partial charge on any atom is -0.398 e. The van der Waals surface area contributed by atoms with Gasteiger partial charge >= 0.3 is 0 Å². The molecule has 0 aliphatic heterocycles. The van der Waals surface area contributed by atoms with Gasteiger partial charge in [-0.05, 0) is 30.2 Å². The van der Waals surface area contributed by atoms with Crippen molar-refractivity contribution in [1.29, 1.82) is 0 Å². The van der Waals surface area contributed by atoms with Gasteiger partial charge in [-0.3, -0.25) is 4.79 Å². The predicted octanol–water partition coefficient (Wildman–Crippen LogP) is 2.34. The van der Waals surface area contributed by atoms with Crippen LogP contribution in [0.25, 0.3) is 11.1 Å². The van der Waals surface area contributed by atoms with Crippen molar-refractivity contribution in [3.63, 3.8) is 0 Å². The lowest BCUT2D eigenvalue weighted by Crippen LogP contribution is -2.13. The molecule has 2 rings (SSSR count). The van der Waals surface area contributed by atoms with E-state index in [0.717, 1.165) is 11.1 Å². The highest BCUT2D eigenvalue weighted by molar-refractivity contribution is 5.98. The molecule has 17 heavy (non-hydrogen) atoms. The molecule has 0 spiro atoms. The fraction of sp³-hybridized carbons (Fsp3) is 0.0714. The number of benzene rings is 2. The third-order valence-electron chi connectivity index (χ3n) is 2.70. The Morgan fingerprint density at radius 3 is 2.12 bits per heavy atom. The summed E-state index contributed by atoms with van der Waals surface area (Å²) < 4.78 is 0. The normalized spacial score (nSPS) is 10.2. The number of carbonyl (C=O) groups is 1. The van der Waals surface area contributed by atoms with Crippen molar-refractivity contribution >= 4 is 11.6 Å². The first-order valence-corrected chi connectivity index (χ1v) is 5.34. The van der Waals surface area contributed by atoms with Crippen LogP contribution >= 0.6 is 0 Å². The Labute approximate surface area is 100 Å². The summed E-state index contributed by atoms with van der Waals surface area (Å²) in [5.74, 6) is -0.502. The second-order valence-corrected chi connectivity index (χ2v) is 4.03. The lowest BCUT2D eigenvalue weighted by molar-refractivity contribution is 0.100. The Balaban J connectivity index is 2.44. The Bertz CT molecular complexity index is 559. The molecule has 0 radical (unpaired) electrons. The second-order valence-electron chi connectivity index (χ2n) is 4.03. The van der Waals surface area contributed by atoms with Gasteiger partial charge in [0.25, 0.3) is 5.91 Å². The number of nitrogen functional groups attached to an aromatic ring is 1. The molecular formula is C14H14N2O. The van der Waals surface area contributed by atoms with Crippen molar-refractivity contribution in [1.82, 2.24) is 0 Å². The van der Waals surface area contributed by atoms with Crippen molar-refractivity contribution in [2.45, 2.75) is 6.92 Å². The van der Waals surface area contributed by atoms with Crippen molar-refractivity contribution in [2.75, 3.05) is 5.73 Å². The van der Waals surface area contributed by atoms with E-state index in [9.17, 15) is 4.79 Å². The lowest BCUT2D eigenvalue weighted by atomic mass is 10.0. The maximum atomic E-state index is 11.1. The van der Waals surface area contributed by atoms with Crippen LogP contribution in [-0.4, -0.2) is 5.91 Å². The molecule has 4 N–H and O–H groups in total. The number of amides is 1. The molecule has 0 aromatic heterocycles. The second kappa shape index (κ2) is 4.29. The van der Waals surface area contributed by atoms with Crippen molar-refractivity contribution in [3.05, 3.63) is 53.6 Å². The van der Waals surface area contributed by atoms with E-state index in [1.54, 1.807) is 12.1 Å².